The van der Waals surface area contributed by atoms with Gasteiger partial charge >= 0.3 is 0 Å². The third kappa shape index (κ3) is 4.77. The summed E-state index contributed by atoms with van der Waals surface area (Å²) in [7, 11) is 0. The first-order valence-corrected chi connectivity index (χ1v) is 9.26. The maximum absolute atomic E-state index is 12.7. The zero-order valence-electron chi connectivity index (χ0n) is 15.0. The molecule has 1 unspecified atom stereocenters. The Morgan fingerprint density at radius 3 is 2.85 bits per heavy atom. The van der Waals surface area contributed by atoms with Crippen molar-refractivity contribution < 1.29 is 14.6 Å². The molecule has 1 N–H and O–H groups in total. The van der Waals surface area contributed by atoms with E-state index in [1.165, 1.54) is 0 Å². The fourth-order valence-corrected chi connectivity index (χ4v) is 3.48. The van der Waals surface area contributed by atoms with Crippen LogP contribution in [-0.4, -0.2) is 41.2 Å². The summed E-state index contributed by atoms with van der Waals surface area (Å²) in [5.74, 6) is 0.662. The molecule has 4 nitrogen and oxygen atoms in total. The van der Waals surface area contributed by atoms with Crippen LogP contribution in [0.15, 0.2) is 48.5 Å². The number of β-amino-alcohol motifs (C(OH)–C–C–N with tert-alkyl or cyclic N) is 1. The van der Waals surface area contributed by atoms with Crippen molar-refractivity contribution in [3.05, 3.63) is 64.7 Å². The molecular formula is C21H24ClNO3. The molecule has 2 aromatic carbocycles. The number of nitrogens with zero attached hydrogens (tertiary/aromatic N) is 1. The number of carbonyl (C=O) groups excluding carboxylic acids is 1. The van der Waals surface area contributed by atoms with Crippen LogP contribution in [-0.2, 0) is 11.2 Å². The number of likely N-dealkylation sites (tertiary alicyclic amines) is 1. The van der Waals surface area contributed by atoms with Gasteiger partial charge in [-0.15, -0.1) is 0 Å². The lowest BCUT2D eigenvalue weighted by Gasteiger charge is -2.39. The molecule has 1 aliphatic heterocycles. The molecule has 1 atom stereocenters. The van der Waals surface area contributed by atoms with E-state index in [0.717, 1.165) is 17.5 Å². The van der Waals surface area contributed by atoms with Gasteiger partial charge in [-0.05, 0) is 49.1 Å². The highest BCUT2D eigenvalue weighted by molar-refractivity contribution is 6.30. The second-order valence-electron chi connectivity index (χ2n) is 6.99. The van der Waals surface area contributed by atoms with Gasteiger partial charge in [0, 0.05) is 11.6 Å². The molecule has 1 aliphatic rings. The van der Waals surface area contributed by atoms with E-state index in [2.05, 4.69) is 0 Å². The van der Waals surface area contributed by atoms with Gasteiger partial charge in [0.1, 0.15) is 18.0 Å². The van der Waals surface area contributed by atoms with Crippen molar-refractivity contribution >= 4 is 17.5 Å². The van der Waals surface area contributed by atoms with E-state index in [0.29, 0.717) is 30.2 Å². The molecule has 0 radical (unpaired) electrons. The standard InChI is InChI=1S/C21H24ClNO3/c1-16-6-2-3-7-17(16)12-20(24)23-11-5-10-21(25,14-23)15-26-19-9-4-8-18(22)13-19/h2-4,6-9,13,25H,5,10-12,14-15H2,1H3. The maximum atomic E-state index is 12.7. The highest BCUT2D eigenvalue weighted by atomic mass is 35.5. The number of piperidine rings is 1. The van der Waals surface area contributed by atoms with Crippen LogP contribution in [0.5, 0.6) is 5.75 Å². The van der Waals surface area contributed by atoms with E-state index in [4.69, 9.17) is 16.3 Å². The number of halogens is 1. The number of hydrogen-bond acceptors (Lipinski definition) is 3. The number of ether oxygens (including phenoxy) is 1. The average molecular weight is 374 g/mol. The van der Waals surface area contributed by atoms with Gasteiger partial charge in [-0.25, -0.2) is 0 Å². The highest BCUT2D eigenvalue weighted by Crippen LogP contribution is 2.25. The minimum absolute atomic E-state index is 0.0418. The Bertz CT molecular complexity index is 779. The summed E-state index contributed by atoms with van der Waals surface area (Å²) in [6, 6.07) is 15.0. The summed E-state index contributed by atoms with van der Waals surface area (Å²) in [6.07, 6.45) is 1.73. The van der Waals surface area contributed by atoms with Gasteiger partial charge in [0.2, 0.25) is 5.91 Å². The minimum Gasteiger partial charge on any atom is -0.490 e. The molecular weight excluding hydrogens is 350 g/mol. The Labute approximate surface area is 159 Å². The van der Waals surface area contributed by atoms with Gasteiger partial charge in [-0.2, -0.15) is 0 Å². The predicted molar refractivity (Wildman–Crippen MR) is 103 cm³/mol. The van der Waals surface area contributed by atoms with E-state index in [9.17, 15) is 9.90 Å². The molecule has 26 heavy (non-hydrogen) atoms. The summed E-state index contributed by atoms with van der Waals surface area (Å²) < 4.78 is 5.72. The van der Waals surface area contributed by atoms with Gasteiger partial charge in [0.15, 0.2) is 0 Å². The smallest absolute Gasteiger partial charge is 0.227 e. The number of carbonyl (C=O) groups is 1. The van der Waals surface area contributed by atoms with Crippen LogP contribution in [0.3, 0.4) is 0 Å². The van der Waals surface area contributed by atoms with Gasteiger partial charge in [0.05, 0.1) is 13.0 Å². The summed E-state index contributed by atoms with van der Waals surface area (Å²) in [4.78, 5) is 14.4. The Kier molecular flexibility index (Phi) is 5.84. The maximum Gasteiger partial charge on any atom is 0.227 e. The van der Waals surface area contributed by atoms with Crippen LogP contribution >= 0.6 is 11.6 Å². The minimum atomic E-state index is -1.04. The fraction of sp³-hybridized carbons (Fsp3) is 0.381. The normalized spacial score (nSPS) is 20.0. The number of amides is 1. The second-order valence-corrected chi connectivity index (χ2v) is 7.43. The number of rotatable bonds is 5. The monoisotopic (exact) mass is 373 g/mol. The quantitative estimate of drug-likeness (QED) is 0.870. The van der Waals surface area contributed by atoms with E-state index >= 15 is 0 Å². The van der Waals surface area contributed by atoms with Crippen LogP contribution in [0.4, 0.5) is 0 Å². The van der Waals surface area contributed by atoms with Gasteiger partial charge in [-0.1, -0.05) is 41.9 Å². The molecule has 3 rings (SSSR count). The van der Waals surface area contributed by atoms with Crippen molar-refractivity contribution in [1.82, 2.24) is 4.90 Å². The first-order chi connectivity index (χ1) is 12.5. The summed E-state index contributed by atoms with van der Waals surface area (Å²) >= 11 is 5.96. The molecule has 0 saturated carbocycles. The van der Waals surface area contributed by atoms with Crippen LogP contribution in [0.1, 0.15) is 24.0 Å². The topological polar surface area (TPSA) is 49.8 Å². The molecule has 0 aromatic heterocycles. The zero-order chi connectivity index (χ0) is 18.6. The van der Waals surface area contributed by atoms with Gasteiger partial charge < -0.3 is 14.7 Å². The predicted octanol–water partition coefficient (Wildman–Crippen LogP) is 3.62. The number of benzene rings is 2. The largest absolute Gasteiger partial charge is 0.490 e. The zero-order valence-corrected chi connectivity index (χ0v) is 15.7. The Morgan fingerprint density at radius 1 is 1.27 bits per heavy atom. The fourth-order valence-electron chi connectivity index (χ4n) is 3.30. The third-order valence-corrected chi connectivity index (χ3v) is 5.05. The molecule has 0 bridgehead atoms. The van der Waals surface area contributed by atoms with Crippen molar-refractivity contribution in [3.8, 4) is 5.75 Å². The summed E-state index contributed by atoms with van der Waals surface area (Å²) in [6.45, 7) is 3.11. The summed E-state index contributed by atoms with van der Waals surface area (Å²) in [5, 5.41) is 11.5. The van der Waals surface area contributed by atoms with Crippen molar-refractivity contribution in [1.29, 1.82) is 0 Å². The number of aryl methyl sites for hydroxylation is 1. The van der Waals surface area contributed by atoms with Gasteiger partial charge in [-0.3, -0.25) is 4.79 Å². The molecule has 1 fully saturated rings. The Morgan fingerprint density at radius 2 is 2.08 bits per heavy atom. The first kappa shape index (κ1) is 18.7. The van der Waals surface area contributed by atoms with Crippen molar-refractivity contribution in [3.63, 3.8) is 0 Å². The highest BCUT2D eigenvalue weighted by Gasteiger charge is 2.36. The first-order valence-electron chi connectivity index (χ1n) is 8.88. The van der Waals surface area contributed by atoms with Crippen LogP contribution in [0.2, 0.25) is 5.02 Å². The Balaban J connectivity index is 1.60. The molecule has 0 spiro atoms. The number of aliphatic hydroxyl groups is 1. The van der Waals surface area contributed by atoms with Crippen LogP contribution in [0, 0.1) is 6.92 Å². The van der Waals surface area contributed by atoms with E-state index in [-0.39, 0.29) is 19.1 Å². The molecule has 0 aliphatic carbocycles. The average Bonchev–Trinajstić information content (AvgIpc) is 2.62. The number of hydrogen-bond donors (Lipinski definition) is 1. The molecule has 2 aromatic rings. The lowest BCUT2D eigenvalue weighted by molar-refractivity contribution is -0.139. The van der Waals surface area contributed by atoms with Crippen molar-refractivity contribution in [2.75, 3.05) is 19.7 Å². The molecule has 1 heterocycles. The van der Waals surface area contributed by atoms with Crippen molar-refractivity contribution in [2.45, 2.75) is 31.8 Å². The van der Waals surface area contributed by atoms with Crippen LogP contribution < -0.4 is 4.74 Å². The lowest BCUT2D eigenvalue weighted by atomic mass is 9.93. The molecule has 1 saturated heterocycles. The lowest BCUT2D eigenvalue weighted by Crippen LogP contribution is -2.53. The van der Waals surface area contributed by atoms with Crippen molar-refractivity contribution in [2.24, 2.45) is 0 Å². The molecule has 5 heteroatoms. The Hall–Kier alpha value is -2.04. The van der Waals surface area contributed by atoms with Gasteiger partial charge in [0.25, 0.3) is 0 Å². The van der Waals surface area contributed by atoms with E-state index in [1.807, 2.05) is 31.2 Å². The molecule has 1 amide bonds. The van der Waals surface area contributed by atoms with E-state index in [1.54, 1.807) is 29.2 Å². The molecule has 138 valence electrons. The second kappa shape index (κ2) is 8.11. The van der Waals surface area contributed by atoms with E-state index < -0.39 is 5.60 Å². The third-order valence-electron chi connectivity index (χ3n) is 4.81. The summed E-state index contributed by atoms with van der Waals surface area (Å²) in [5.41, 5.74) is 1.10. The van der Waals surface area contributed by atoms with Crippen LogP contribution in [0.25, 0.3) is 0 Å². The SMILES string of the molecule is Cc1ccccc1CC(=O)N1CCCC(O)(COc2cccc(Cl)c2)C1.